The SMILES string of the molecule is COc1ccc(C)cc1N(CC(=O)N(Cc1cccc(Br)c1)C(C)C(=O)NC(C)(C)C)S(=O)(=O)c1ccc(C)cc1. The summed E-state index contributed by atoms with van der Waals surface area (Å²) in [5, 5.41) is 2.93. The lowest BCUT2D eigenvalue weighted by Crippen LogP contribution is -2.54. The quantitative estimate of drug-likeness (QED) is 0.310. The van der Waals surface area contributed by atoms with E-state index in [0.717, 1.165) is 25.5 Å². The lowest BCUT2D eigenvalue weighted by Gasteiger charge is -2.34. The third-order valence-electron chi connectivity index (χ3n) is 6.40. The third kappa shape index (κ3) is 8.33. The lowest BCUT2D eigenvalue weighted by molar-refractivity contribution is -0.140. The van der Waals surface area contributed by atoms with E-state index < -0.39 is 34.1 Å². The molecule has 0 aliphatic heterocycles. The van der Waals surface area contributed by atoms with Gasteiger partial charge in [-0.1, -0.05) is 51.8 Å². The average Bonchev–Trinajstić information content (AvgIpc) is 2.89. The number of sulfonamides is 1. The monoisotopic (exact) mass is 643 g/mol. The van der Waals surface area contributed by atoms with Crippen LogP contribution < -0.4 is 14.4 Å². The summed E-state index contributed by atoms with van der Waals surface area (Å²) in [6.07, 6.45) is 0. The molecular weight excluding hydrogens is 606 g/mol. The van der Waals surface area contributed by atoms with Crippen LogP contribution in [-0.2, 0) is 26.2 Å². The summed E-state index contributed by atoms with van der Waals surface area (Å²) >= 11 is 3.46. The standard InChI is InChI=1S/C31H38BrN3O5S/c1-21-11-14-26(15-12-21)41(38,39)35(27-17-22(2)13-16-28(27)40-7)20-29(36)34(19-24-9-8-10-25(32)18-24)23(3)30(37)33-31(4,5)6/h8-18,23H,19-20H2,1-7H3,(H,33,37). The maximum Gasteiger partial charge on any atom is 0.264 e. The van der Waals surface area contributed by atoms with Crippen molar-refractivity contribution in [1.29, 1.82) is 0 Å². The second kappa shape index (κ2) is 13.1. The first-order valence-corrected chi connectivity index (χ1v) is 15.5. The molecule has 0 spiro atoms. The van der Waals surface area contributed by atoms with Crippen molar-refractivity contribution in [1.82, 2.24) is 10.2 Å². The Hall–Kier alpha value is -3.37. The molecule has 220 valence electrons. The first kappa shape index (κ1) is 32.1. The fourth-order valence-corrected chi connectivity index (χ4v) is 6.10. The van der Waals surface area contributed by atoms with Gasteiger partial charge >= 0.3 is 0 Å². The molecule has 8 nitrogen and oxygen atoms in total. The van der Waals surface area contributed by atoms with Crippen molar-refractivity contribution < 1.29 is 22.7 Å². The Labute approximate surface area is 251 Å². The second-order valence-electron chi connectivity index (χ2n) is 11.1. The molecule has 0 saturated heterocycles. The number of hydrogen-bond acceptors (Lipinski definition) is 5. The number of nitrogens with zero attached hydrogens (tertiary/aromatic N) is 2. The first-order chi connectivity index (χ1) is 19.1. The highest BCUT2D eigenvalue weighted by molar-refractivity contribution is 9.10. The van der Waals surface area contributed by atoms with Crippen molar-refractivity contribution in [2.45, 2.75) is 64.6 Å². The van der Waals surface area contributed by atoms with Gasteiger partial charge in [-0.2, -0.15) is 0 Å². The highest BCUT2D eigenvalue weighted by Crippen LogP contribution is 2.34. The molecular formula is C31H38BrN3O5S. The molecule has 0 saturated carbocycles. The van der Waals surface area contributed by atoms with Crippen LogP contribution in [-0.4, -0.2) is 50.4 Å². The Kier molecular flexibility index (Phi) is 10.3. The Morgan fingerprint density at radius 2 is 1.61 bits per heavy atom. The summed E-state index contributed by atoms with van der Waals surface area (Å²) in [5.74, 6) is -0.584. The summed E-state index contributed by atoms with van der Waals surface area (Å²) in [6.45, 7) is 10.5. The van der Waals surface area contributed by atoms with Gasteiger partial charge in [0.1, 0.15) is 18.3 Å². The largest absolute Gasteiger partial charge is 0.495 e. The number of anilines is 1. The summed E-state index contributed by atoms with van der Waals surface area (Å²) in [5.41, 5.74) is 2.19. The fourth-order valence-electron chi connectivity index (χ4n) is 4.23. The molecule has 0 aromatic heterocycles. The number of nitrogens with one attached hydrogen (secondary N) is 1. The van der Waals surface area contributed by atoms with E-state index in [1.165, 1.54) is 24.1 Å². The predicted molar refractivity (Wildman–Crippen MR) is 165 cm³/mol. The van der Waals surface area contributed by atoms with Crippen molar-refractivity contribution in [3.05, 3.63) is 87.9 Å². The smallest absolute Gasteiger partial charge is 0.264 e. The maximum atomic E-state index is 14.1. The van der Waals surface area contributed by atoms with Gasteiger partial charge in [-0.05, 0) is 89.1 Å². The number of methoxy groups -OCH3 is 1. The number of carbonyl (C=O) groups is 2. The summed E-state index contributed by atoms with van der Waals surface area (Å²) in [4.78, 5) is 28.8. The zero-order valence-electron chi connectivity index (χ0n) is 24.6. The van der Waals surface area contributed by atoms with Crippen molar-refractivity contribution in [3.8, 4) is 5.75 Å². The van der Waals surface area contributed by atoms with E-state index in [1.807, 2.05) is 58.9 Å². The molecule has 0 heterocycles. The molecule has 0 aliphatic carbocycles. The van der Waals surface area contributed by atoms with Crippen LogP contribution in [0.1, 0.15) is 44.4 Å². The van der Waals surface area contributed by atoms with Crippen LogP contribution in [0.2, 0.25) is 0 Å². The highest BCUT2D eigenvalue weighted by Gasteiger charge is 2.34. The molecule has 0 radical (unpaired) electrons. The molecule has 0 fully saturated rings. The Balaban J connectivity index is 2.11. The van der Waals surface area contributed by atoms with Crippen molar-refractivity contribution in [3.63, 3.8) is 0 Å². The van der Waals surface area contributed by atoms with E-state index in [1.54, 1.807) is 37.3 Å². The number of amides is 2. The van der Waals surface area contributed by atoms with Gasteiger partial charge < -0.3 is 15.0 Å². The van der Waals surface area contributed by atoms with Gasteiger partial charge in [0.2, 0.25) is 11.8 Å². The van der Waals surface area contributed by atoms with Crippen molar-refractivity contribution >= 4 is 43.5 Å². The van der Waals surface area contributed by atoms with Gasteiger partial charge in [-0.15, -0.1) is 0 Å². The minimum atomic E-state index is -4.21. The van der Waals surface area contributed by atoms with E-state index in [4.69, 9.17) is 4.74 Å². The van der Waals surface area contributed by atoms with Crippen molar-refractivity contribution in [2.24, 2.45) is 0 Å². The van der Waals surface area contributed by atoms with E-state index in [2.05, 4.69) is 21.2 Å². The molecule has 0 bridgehead atoms. The normalized spacial score (nSPS) is 12.4. The number of aryl methyl sites for hydroxylation is 2. The van der Waals surface area contributed by atoms with Crippen LogP contribution in [0.4, 0.5) is 5.69 Å². The number of halogens is 1. The van der Waals surface area contributed by atoms with Gasteiger partial charge in [0.05, 0.1) is 17.7 Å². The minimum absolute atomic E-state index is 0.0384. The molecule has 3 aromatic carbocycles. The van der Waals surface area contributed by atoms with Gasteiger partial charge in [0, 0.05) is 16.6 Å². The van der Waals surface area contributed by atoms with Gasteiger partial charge in [-0.25, -0.2) is 8.42 Å². The molecule has 1 atom stereocenters. The van der Waals surface area contributed by atoms with E-state index in [9.17, 15) is 18.0 Å². The molecule has 1 N–H and O–H groups in total. The third-order valence-corrected chi connectivity index (χ3v) is 8.67. The van der Waals surface area contributed by atoms with Crippen LogP contribution in [0.3, 0.4) is 0 Å². The molecule has 3 aromatic rings. The maximum absolute atomic E-state index is 14.1. The molecule has 3 rings (SSSR count). The predicted octanol–water partition coefficient (Wildman–Crippen LogP) is 5.60. The summed E-state index contributed by atoms with van der Waals surface area (Å²) < 4.78 is 35.6. The average molecular weight is 645 g/mol. The lowest BCUT2D eigenvalue weighted by atomic mass is 10.1. The second-order valence-corrected chi connectivity index (χ2v) is 13.8. The summed E-state index contributed by atoms with van der Waals surface area (Å²) in [6, 6.07) is 18.1. The molecule has 1 unspecified atom stereocenters. The van der Waals surface area contributed by atoms with E-state index in [0.29, 0.717) is 5.75 Å². The Bertz CT molecular complexity index is 1500. The zero-order chi connectivity index (χ0) is 30.5. The van der Waals surface area contributed by atoms with Crippen LogP contribution in [0.5, 0.6) is 5.75 Å². The van der Waals surface area contributed by atoms with Gasteiger partial charge in [-0.3, -0.25) is 13.9 Å². The van der Waals surface area contributed by atoms with E-state index in [-0.39, 0.29) is 23.0 Å². The number of ether oxygens (including phenoxy) is 1. The molecule has 41 heavy (non-hydrogen) atoms. The number of rotatable bonds is 10. The van der Waals surface area contributed by atoms with Gasteiger partial charge in [0.15, 0.2) is 0 Å². The van der Waals surface area contributed by atoms with Crippen LogP contribution in [0, 0.1) is 13.8 Å². The minimum Gasteiger partial charge on any atom is -0.495 e. The van der Waals surface area contributed by atoms with Crippen LogP contribution >= 0.6 is 15.9 Å². The first-order valence-electron chi connectivity index (χ1n) is 13.2. The topological polar surface area (TPSA) is 96.0 Å². The molecule has 0 aliphatic rings. The Morgan fingerprint density at radius 3 is 2.20 bits per heavy atom. The molecule has 2 amide bonds. The van der Waals surface area contributed by atoms with Gasteiger partial charge in [0.25, 0.3) is 10.0 Å². The number of benzene rings is 3. The van der Waals surface area contributed by atoms with Crippen molar-refractivity contribution in [2.75, 3.05) is 18.0 Å². The highest BCUT2D eigenvalue weighted by atomic mass is 79.9. The summed E-state index contributed by atoms with van der Waals surface area (Å²) in [7, 11) is -2.76. The van der Waals surface area contributed by atoms with Crippen LogP contribution in [0.25, 0.3) is 0 Å². The zero-order valence-corrected chi connectivity index (χ0v) is 27.0. The number of carbonyl (C=O) groups excluding carboxylic acids is 2. The fraction of sp³-hybridized carbons (Fsp3) is 0.355. The van der Waals surface area contributed by atoms with Crippen LogP contribution in [0.15, 0.2) is 76.1 Å². The molecule has 10 heteroatoms. The van der Waals surface area contributed by atoms with E-state index >= 15 is 0 Å². The Morgan fingerprint density at radius 1 is 0.976 bits per heavy atom. The number of hydrogen-bond donors (Lipinski definition) is 1.